The number of nitrogens with two attached hydrogens (primary N) is 1. The molecule has 3 heteroatoms. The maximum absolute atomic E-state index is 5.86. The molecule has 1 rings (SSSR count). The van der Waals surface area contributed by atoms with Crippen LogP contribution in [0.15, 0.2) is 18.2 Å². The zero-order valence-electron chi connectivity index (χ0n) is 10.3. The molecule has 0 saturated heterocycles. The Labute approximate surface area is 103 Å². The van der Waals surface area contributed by atoms with Crippen LogP contribution in [-0.2, 0) is 0 Å². The molecule has 0 saturated carbocycles. The maximum atomic E-state index is 5.86. The van der Waals surface area contributed by atoms with E-state index in [0.29, 0.717) is 10.9 Å². The molecule has 1 aromatic carbocycles. The molecule has 0 aliphatic carbocycles. The Balaban J connectivity index is 2.99. The van der Waals surface area contributed by atoms with E-state index < -0.39 is 0 Å². The number of benzene rings is 1. The predicted molar refractivity (Wildman–Crippen MR) is 72.0 cm³/mol. The van der Waals surface area contributed by atoms with Gasteiger partial charge in [0, 0.05) is 0 Å². The highest BCUT2D eigenvalue weighted by molar-refractivity contribution is 7.80. The van der Waals surface area contributed by atoms with Gasteiger partial charge in [-0.25, -0.2) is 0 Å². The van der Waals surface area contributed by atoms with E-state index in [9.17, 15) is 0 Å². The second-order valence-electron chi connectivity index (χ2n) is 4.43. The average Bonchev–Trinajstić information content (AvgIpc) is 2.20. The Bertz CT molecular complexity index is 388. The summed E-state index contributed by atoms with van der Waals surface area (Å²) in [5.41, 5.74) is 7.64. The molecule has 0 bridgehead atoms. The second-order valence-corrected chi connectivity index (χ2v) is 4.87. The molecule has 0 fully saturated rings. The second kappa shape index (κ2) is 5.30. The van der Waals surface area contributed by atoms with Crippen LogP contribution in [0.2, 0.25) is 0 Å². The highest BCUT2D eigenvalue weighted by Gasteiger charge is 2.13. The van der Waals surface area contributed by atoms with Gasteiger partial charge in [-0.2, -0.15) is 0 Å². The van der Waals surface area contributed by atoms with E-state index >= 15 is 0 Å². The van der Waals surface area contributed by atoms with Crippen molar-refractivity contribution in [3.05, 3.63) is 29.3 Å². The number of hydrogen-bond acceptors (Lipinski definition) is 2. The van der Waals surface area contributed by atoms with E-state index in [0.717, 1.165) is 16.9 Å². The molecule has 2 nitrogen and oxygen atoms in total. The van der Waals surface area contributed by atoms with Crippen LogP contribution >= 0.6 is 12.2 Å². The Kier molecular flexibility index (Phi) is 4.30. The molecular weight excluding hydrogens is 218 g/mol. The van der Waals surface area contributed by atoms with E-state index in [2.05, 4.69) is 13.8 Å². The topological polar surface area (TPSA) is 35.2 Å². The van der Waals surface area contributed by atoms with Crippen molar-refractivity contribution < 1.29 is 4.74 Å². The van der Waals surface area contributed by atoms with Gasteiger partial charge in [0.2, 0.25) is 0 Å². The minimum Gasteiger partial charge on any atom is -0.490 e. The fraction of sp³-hybridized carbons (Fsp3) is 0.462. The lowest BCUT2D eigenvalue weighted by atomic mass is 10.1. The van der Waals surface area contributed by atoms with Crippen LogP contribution in [0.1, 0.15) is 31.9 Å². The largest absolute Gasteiger partial charge is 0.490 e. The Morgan fingerprint density at radius 3 is 2.44 bits per heavy atom. The summed E-state index contributed by atoms with van der Waals surface area (Å²) >= 11 is 5.03. The third-order valence-electron chi connectivity index (χ3n) is 2.65. The lowest BCUT2D eigenvalue weighted by molar-refractivity contribution is 0.170. The molecule has 0 aromatic heterocycles. The first-order chi connectivity index (χ1) is 7.41. The molecule has 16 heavy (non-hydrogen) atoms. The van der Waals surface area contributed by atoms with Gasteiger partial charge in [-0.1, -0.05) is 37.7 Å². The monoisotopic (exact) mass is 237 g/mol. The predicted octanol–water partition coefficient (Wildman–Crippen LogP) is 3.05. The molecular formula is C13H19NOS. The Morgan fingerprint density at radius 2 is 1.94 bits per heavy atom. The average molecular weight is 237 g/mol. The molecule has 0 radical (unpaired) electrons. The van der Waals surface area contributed by atoms with E-state index in [1.54, 1.807) is 0 Å². The van der Waals surface area contributed by atoms with Crippen LogP contribution in [0.5, 0.6) is 5.75 Å². The lowest BCUT2D eigenvalue weighted by Gasteiger charge is -2.20. The fourth-order valence-electron chi connectivity index (χ4n) is 1.28. The van der Waals surface area contributed by atoms with Gasteiger partial charge < -0.3 is 10.5 Å². The zero-order chi connectivity index (χ0) is 12.3. The normalized spacial score (nSPS) is 12.6. The first kappa shape index (κ1) is 13.0. The molecule has 0 aliphatic heterocycles. The molecule has 0 aliphatic rings. The van der Waals surface area contributed by atoms with Crippen LogP contribution in [0.4, 0.5) is 0 Å². The van der Waals surface area contributed by atoms with Gasteiger partial charge in [-0.05, 0) is 31.9 Å². The van der Waals surface area contributed by atoms with Gasteiger partial charge in [0.1, 0.15) is 10.7 Å². The summed E-state index contributed by atoms with van der Waals surface area (Å²) in [6.45, 7) is 8.31. The van der Waals surface area contributed by atoms with Gasteiger partial charge in [0.15, 0.2) is 0 Å². The minimum absolute atomic E-state index is 0.149. The van der Waals surface area contributed by atoms with Crippen LogP contribution in [0.3, 0.4) is 0 Å². The van der Waals surface area contributed by atoms with Crippen molar-refractivity contribution in [3.8, 4) is 5.75 Å². The van der Waals surface area contributed by atoms with Crippen LogP contribution < -0.4 is 10.5 Å². The van der Waals surface area contributed by atoms with Crippen molar-refractivity contribution in [2.75, 3.05) is 0 Å². The lowest BCUT2D eigenvalue weighted by Crippen LogP contribution is -2.21. The smallest absolute Gasteiger partial charge is 0.129 e. The Hall–Kier alpha value is -1.09. The fourth-order valence-corrected chi connectivity index (χ4v) is 1.44. The number of ether oxygens (including phenoxy) is 1. The molecule has 1 atom stereocenters. The summed E-state index contributed by atoms with van der Waals surface area (Å²) in [7, 11) is 0. The van der Waals surface area contributed by atoms with Gasteiger partial charge in [-0.3, -0.25) is 0 Å². The summed E-state index contributed by atoms with van der Waals surface area (Å²) in [4.78, 5) is 0.384. The first-order valence-electron chi connectivity index (χ1n) is 5.49. The minimum atomic E-state index is 0.149. The number of thiocarbonyl (C=S) groups is 1. The van der Waals surface area contributed by atoms with Crippen LogP contribution in [0, 0.1) is 12.8 Å². The van der Waals surface area contributed by atoms with E-state index in [-0.39, 0.29) is 6.10 Å². The number of rotatable bonds is 4. The Morgan fingerprint density at radius 1 is 1.31 bits per heavy atom. The van der Waals surface area contributed by atoms with E-state index in [1.807, 2.05) is 32.0 Å². The zero-order valence-corrected chi connectivity index (χ0v) is 11.1. The molecule has 0 heterocycles. The third-order valence-corrected chi connectivity index (χ3v) is 2.87. The van der Waals surface area contributed by atoms with Gasteiger partial charge >= 0.3 is 0 Å². The molecule has 88 valence electrons. The van der Waals surface area contributed by atoms with Crippen molar-refractivity contribution in [1.29, 1.82) is 0 Å². The molecule has 0 amide bonds. The summed E-state index contributed by atoms with van der Waals surface area (Å²) in [5.74, 6) is 1.24. The third kappa shape index (κ3) is 3.20. The van der Waals surface area contributed by atoms with E-state index in [1.165, 1.54) is 0 Å². The number of hydrogen-bond donors (Lipinski definition) is 1. The summed E-state index contributed by atoms with van der Waals surface area (Å²) in [5, 5.41) is 0. The van der Waals surface area contributed by atoms with Crippen LogP contribution in [-0.4, -0.2) is 11.1 Å². The molecule has 0 spiro atoms. The van der Waals surface area contributed by atoms with Gasteiger partial charge in [0.25, 0.3) is 0 Å². The SMILES string of the molecule is Cc1ccc(OC(C)C(C)C)c(C(N)=S)c1. The molecule has 1 aromatic rings. The highest BCUT2D eigenvalue weighted by atomic mass is 32.1. The highest BCUT2D eigenvalue weighted by Crippen LogP contribution is 2.22. The first-order valence-corrected chi connectivity index (χ1v) is 5.89. The van der Waals surface area contributed by atoms with E-state index in [4.69, 9.17) is 22.7 Å². The van der Waals surface area contributed by atoms with Gasteiger partial charge in [-0.15, -0.1) is 0 Å². The van der Waals surface area contributed by atoms with Crippen molar-refractivity contribution in [2.45, 2.75) is 33.8 Å². The summed E-state index contributed by atoms with van der Waals surface area (Å²) in [6.07, 6.45) is 0.149. The molecule has 2 N–H and O–H groups in total. The summed E-state index contributed by atoms with van der Waals surface area (Å²) in [6, 6.07) is 5.90. The number of aryl methyl sites for hydroxylation is 1. The standard InChI is InChI=1S/C13H19NOS/c1-8(2)10(4)15-12-6-5-9(3)7-11(12)13(14)16/h5-8,10H,1-4H3,(H2,14,16). The maximum Gasteiger partial charge on any atom is 0.129 e. The van der Waals surface area contributed by atoms with Crippen molar-refractivity contribution in [3.63, 3.8) is 0 Å². The summed E-state index contributed by atoms with van der Waals surface area (Å²) < 4.78 is 5.86. The van der Waals surface area contributed by atoms with Crippen molar-refractivity contribution in [1.82, 2.24) is 0 Å². The molecule has 1 unspecified atom stereocenters. The quantitative estimate of drug-likeness (QED) is 0.817. The van der Waals surface area contributed by atoms with Gasteiger partial charge in [0.05, 0.1) is 11.7 Å². The van der Waals surface area contributed by atoms with Crippen molar-refractivity contribution >= 4 is 17.2 Å². The van der Waals surface area contributed by atoms with Crippen LogP contribution in [0.25, 0.3) is 0 Å². The van der Waals surface area contributed by atoms with Crippen molar-refractivity contribution in [2.24, 2.45) is 11.7 Å².